The number of nitrogens with zero attached hydrogens (tertiary/aromatic N) is 3. The first-order valence-corrected chi connectivity index (χ1v) is 6.47. The fourth-order valence-electron chi connectivity index (χ4n) is 2.07. The number of pyridine rings is 1. The summed E-state index contributed by atoms with van der Waals surface area (Å²) in [6.07, 6.45) is -3.12. The van der Waals surface area contributed by atoms with Crippen molar-refractivity contribution in [1.29, 1.82) is 5.26 Å². The summed E-state index contributed by atoms with van der Waals surface area (Å²) < 4.78 is 40.1. The van der Waals surface area contributed by atoms with E-state index in [-0.39, 0.29) is 15.8 Å². The lowest BCUT2D eigenvalue weighted by atomic mass is 10.0. The third kappa shape index (κ3) is 2.69. The number of nitrogens with one attached hydrogen (secondary N) is 1. The molecule has 2 heterocycles. The van der Waals surface area contributed by atoms with Crippen LogP contribution in [0.3, 0.4) is 0 Å². The summed E-state index contributed by atoms with van der Waals surface area (Å²) in [5, 5.41) is 13.3. The van der Waals surface area contributed by atoms with E-state index in [1.807, 2.05) is 13.0 Å². The largest absolute Gasteiger partial charge is 0.431 e. The zero-order chi connectivity index (χ0) is 15.8. The van der Waals surface area contributed by atoms with Crippen LogP contribution in [0.2, 0.25) is 0 Å². The van der Waals surface area contributed by atoms with E-state index < -0.39 is 11.9 Å². The molecule has 0 unspecified atom stereocenters. The number of aryl methyl sites for hydroxylation is 1. The predicted octanol–water partition coefficient (Wildman–Crippen LogP) is 3.83. The Hall–Kier alpha value is -2.14. The molecule has 0 saturated carbocycles. The number of aromatic amines is 1. The molecule has 1 N–H and O–H groups in total. The summed E-state index contributed by atoms with van der Waals surface area (Å²) in [6.45, 7) is 4.19. The Bertz CT molecular complexity index is 780. The quantitative estimate of drug-likeness (QED) is 0.858. The Morgan fingerprint density at radius 1 is 1.43 bits per heavy atom. The van der Waals surface area contributed by atoms with Crippen LogP contribution in [-0.2, 0) is 12.7 Å². The Morgan fingerprint density at radius 2 is 2.10 bits per heavy atom. The zero-order valence-corrected chi connectivity index (χ0v) is 12.1. The highest BCUT2D eigenvalue weighted by Crippen LogP contribution is 2.33. The molecule has 0 spiro atoms. The van der Waals surface area contributed by atoms with Crippen LogP contribution in [0.15, 0.2) is 12.3 Å². The molecule has 0 amide bonds. The molecular formula is C13H11F3N4S. The fourth-order valence-corrected chi connectivity index (χ4v) is 2.33. The molecule has 8 heteroatoms. The van der Waals surface area contributed by atoms with Crippen molar-refractivity contribution in [3.8, 4) is 17.2 Å². The molecule has 0 aliphatic carbocycles. The molecule has 21 heavy (non-hydrogen) atoms. The third-order valence-corrected chi connectivity index (χ3v) is 3.45. The molecular weight excluding hydrogens is 301 g/mol. The molecule has 4 nitrogen and oxygen atoms in total. The number of alkyl halides is 3. The standard InChI is InChI=1S/C13H11F3N4S/c1-3-20-7(2)10(6-18-20)8-4-11(13(14,15)16)19-12(21)9(8)5-17/h4,6H,3H2,1-2H3,(H,19,21). The second-order valence-electron chi connectivity index (χ2n) is 4.37. The van der Waals surface area contributed by atoms with E-state index in [0.717, 1.165) is 6.07 Å². The van der Waals surface area contributed by atoms with Gasteiger partial charge in [0, 0.05) is 23.4 Å². The van der Waals surface area contributed by atoms with Gasteiger partial charge in [0.15, 0.2) is 0 Å². The number of H-pyrrole nitrogens is 1. The number of hydrogen-bond acceptors (Lipinski definition) is 3. The van der Waals surface area contributed by atoms with Crippen molar-refractivity contribution in [3.05, 3.63) is 33.9 Å². The second kappa shape index (κ2) is 5.33. The number of rotatable bonds is 2. The summed E-state index contributed by atoms with van der Waals surface area (Å²) in [7, 11) is 0. The summed E-state index contributed by atoms with van der Waals surface area (Å²) in [5.74, 6) is 0. The van der Waals surface area contributed by atoms with Crippen molar-refractivity contribution in [3.63, 3.8) is 0 Å². The Balaban J connectivity index is 2.78. The summed E-state index contributed by atoms with van der Waals surface area (Å²) in [6, 6.07) is 2.76. The van der Waals surface area contributed by atoms with E-state index >= 15 is 0 Å². The Kier molecular flexibility index (Phi) is 3.87. The minimum atomic E-state index is -4.56. The highest BCUT2D eigenvalue weighted by Gasteiger charge is 2.33. The van der Waals surface area contributed by atoms with E-state index in [1.54, 1.807) is 11.6 Å². The van der Waals surface area contributed by atoms with Crippen molar-refractivity contribution in [2.75, 3.05) is 0 Å². The van der Waals surface area contributed by atoms with E-state index in [1.165, 1.54) is 6.20 Å². The molecule has 0 aliphatic rings. The lowest BCUT2D eigenvalue weighted by Gasteiger charge is -2.11. The lowest BCUT2D eigenvalue weighted by molar-refractivity contribution is -0.141. The van der Waals surface area contributed by atoms with E-state index in [4.69, 9.17) is 17.5 Å². The van der Waals surface area contributed by atoms with Gasteiger partial charge in [-0.1, -0.05) is 12.2 Å². The first-order valence-electron chi connectivity index (χ1n) is 6.07. The Labute approximate surface area is 123 Å². The van der Waals surface area contributed by atoms with Gasteiger partial charge in [0.05, 0.1) is 11.8 Å². The van der Waals surface area contributed by atoms with Crippen LogP contribution in [-0.4, -0.2) is 14.8 Å². The van der Waals surface area contributed by atoms with Crippen molar-refractivity contribution in [1.82, 2.24) is 14.8 Å². The van der Waals surface area contributed by atoms with Crippen LogP contribution in [0.1, 0.15) is 23.9 Å². The van der Waals surface area contributed by atoms with Crippen LogP contribution in [0.4, 0.5) is 13.2 Å². The summed E-state index contributed by atoms with van der Waals surface area (Å²) in [4.78, 5) is 2.06. The Morgan fingerprint density at radius 3 is 2.57 bits per heavy atom. The lowest BCUT2D eigenvalue weighted by Crippen LogP contribution is -2.09. The van der Waals surface area contributed by atoms with Gasteiger partial charge in [0.1, 0.15) is 16.4 Å². The van der Waals surface area contributed by atoms with Crippen LogP contribution >= 0.6 is 12.2 Å². The van der Waals surface area contributed by atoms with Gasteiger partial charge in [-0.25, -0.2) is 0 Å². The van der Waals surface area contributed by atoms with Crippen LogP contribution in [0, 0.1) is 22.9 Å². The number of hydrogen-bond donors (Lipinski definition) is 1. The molecule has 0 radical (unpaired) electrons. The van der Waals surface area contributed by atoms with Crippen LogP contribution < -0.4 is 0 Å². The van der Waals surface area contributed by atoms with Crippen LogP contribution in [0.25, 0.3) is 11.1 Å². The smallest absolute Gasteiger partial charge is 0.341 e. The van der Waals surface area contributed by atoms with Gasteiger partial charge in [0.2, 0.25) is 0 Å². The number of aromatic nitrogens is 3. The molecule has 0 aliphatic heterocycles. The predicted molar refractivity (Wildman–Crippen MR) is 73.0 cm³/mol. The highest BCUT2D eigenvalue weighted by molar-refractivity contribution is 7.71. The SMILES string of the molecule is CCn1ncc(-c2cc(C(F)(F)F)[nH]c(=S)c2C#N)c1C. The van der Waals surface area contributed by atoms with Gasteiger partial charge in [-0.2, -0.15) is 23.5 Å². The molecule has 110 valence electrons. The minimum Gasteiger partial charge on any atom is -0.341 e. The highest BCUT2D eigenvalue weighted by atomic mass is 32.1. The molecule has 0 bridgehead atoms. The maximum absolute atomic E-state index is 12.9. The normalized spacial score (nSPS) is 11.4. The molecule has 0 fully saturated rings. The molecule has 0 aromatic carbocycles. The number of halogens is 3. The average Bonchev–Trinajstić information content (AvgIpc) is 2.77. The summed E-state index contributed by atoms with van der Waals surface area (Å²) in [5.41, 5.74) is 0.328. The summed E-state index contributed by atoms with van der Waals surface area (Å²) >= 11 is 4.87. The topological polar surface area (TPSA) is 57.4 Å². The van der Waals surface area contributed by atoms with Gasteiger partial charge in [0.25, 0.3) is 0 Å². The van der Waals surface area contributed by atoms with Crippen molar-refractivity contribution >= 4 is 12.2 Å². The van der Waals surface area contributed by atoms with Gasteiger partial charge in [-0.3, -0.25) is 4.68 Å². The number of nitriles is 1. The molecule has 0 saturated heterocycles. The van der Waals surface area contributed by atoms with Crippen molar-refractivity contribution in [2.24, 2.45) is 0 Å². The first kappa shape index (κ1) is 15.3. The van der Waals surface area contributed by atoms with Gasteiger partial charge in [-0.05, 0) is 19.9 Å². The molecule has 0 atom stereocenters. The average molecular weight is 312 g/mol. The maximum Gasteiger partial charge on any atom is 0.431 e. The third-order valence-electron chi connectivity index (χ3n) is 3.14. The molecule has 2 aromatic rings. The van der Waals surface area contributed by atoms with Crippen molar-refractivity contribution < 1.29 is 13.2 Å². The fraction of sp³-hybridized carbons (Fsp3) is 0.308. The van der Waals surface area contributed by atoms with Gasteiger partial charge < -0.3 is 4.98 Å². The molecule has 2 aromatic heterocycles. The van der Waals surface area contributed by atoms with E-state index in [2.05, 4.69) is 10.1 Å². The zero-order valence-electron chi connectivity index (χ0n) is 11.2. The first-order chi connectivity index (χ1) is 9.79. The van der Waals surface area contributed by atoms with Gasteiger partial charge >= 0.3 is 6.18 Å². The monoisotopic (exact) mass is 312 g/mol. The van der Waals surface area contributed by atoms with Crippen LogP contribution in [0.5, 0.6) is 0 Å². The van der Waals surface area contributed by atoms with E-state index in [0.29, 0.717) is 17.8 Å². The molecule has 2 rings (SSSR count). The second-order valence-corrected chi connectivity index (χ2v) is 4.78. The minimum absolute atomic E-state index is 0.0109. The van der Waals surface area contributed by atoms with Crippen molar-refractivity contribution in [2.45, 2.75) is 26.6 Å². The van der Waals surface area contributed by atoms with Gasteiger partial charge in [-0.15, -0.1) is 0 Å². The van der Waals surface area contributed by atoms with E-state index in [9.17, 15) is 13.2 Å². The maximum atomic E-state index is 12.9.